The van der Waals surface area contributed by atoms with Crippen LogP contribution < -0.4 is 5.32 Å². The van der Waals surface area contributed by atoms with Gasteiger partial charge in [-0.05, 0) is 19.4 Å². The second-order valence-corrected chi connectivity index (χ2v) is 2.69. The van der Waals surface area contributed by atoms with E-state index in [4.69, 9.17) is 0 Å². The molecule has 0 spiro atoms. The SMILES string of the molecule is CCCC(O)CNCCCF. The highest BCUT2D eigenvalue weighted by atomic mass is 19.1. The van der Waals surface area contributed by atoms with Crippen molar-refractivity contribution in [3.63, 3.8) is 0 Å². The van der Waals surface area contributed by atoms with Gasteiger partial charge < -0.3 is 10.4 Å². The fourth-order valence-electron chi connectivity index (χ4n) is 0.896. The zero-order chi connectivity index (χ0) is 8.53. The predicted molar refractivity (Wildman–Crippen MR) is 44.4 cm³/mol. The lowest BCUT2D eigenvalue weighted by Crippen LogP contribution is -2.27. The van der Waals surface area contributed by atoms with Crippen LogP contribution in [0.2, 0.25) is 0 Å². The van der Waals surface area contributed by atoms with Crippen LogP contribution in [0.4, 0.5) is 4.39 Å². The molecule has 0 saturated heterocycles. The third-order valence-corrected chi connectivity index (χ3v) is 1.49. The zero-order valence-electron chi connectivity index (χ0n) is 7.15. The summed E-state index contributed by atoms with van der Waals surface area (Å²) in [6.45, 7) is 3.01. The first-order chi connectivity index (χ1) is 5.31. The van der Waals surface area contributed by atoms with Crippen LogP contribution in [0.25, 0.3) is 0 Å². The van der Waals surface area contributed by atoms with Gasteiger partial charge in [0.15, 0.2) is 0 Å². The molecule has 0 aliphatic heterocycles. The van der Waals surface area contributed by atoms with Crippen LogP contribution in [-0.2, 0) is 0 Å². The molecule has 2 N–H and O–H groups in total. The van der Waals surface area contributed by atoms with Crippen molar-refractivity contribution in [1.29, 1.82) is 0 Å². The number of aliphatic hydroxyl groups is 1. The molecular weight excluding hydrogens is 145 g/mol. The molecular formula is C8H18FNO. The van der Waals surface area contributed by atoms with Crippen molar-refractivity contribution in [2.45, 2.75) is 32.3 Å². The fourth-order valence-corrected chi connectivity index (χ4v) is 0.896. The van der Waals surface area contributed by atoms with Crippen LogP contribution in [0.5, 0.6) is 0 Å². The van der Waals surface area contributed by atoms with Gasteiger partial charge in [-0.15, -0.1) is 0 Å². The normalized spacial score (nSPS) is 13.4. The van der Waals surface area contributed by atoms with E-state index < -0.39 is 0 Å². The van der Waals surface area contributed by atoms with Gasteiger partial charge in [-0.2, -0.15) is 0 Å². The highest BCUT2D eigenvalue weighted by Gasteiger charge is 1.99. The smallest absolute Gasteiger partial charge is 0.0906 e. The number of rotatable bonds is 7. The first kappa shape index (κ1) is 10.8. The molecule has 0 aromatic carbocycles. The van der Waals surface area contributed by atoms with Crippen LogP contribution in [0.15, 0.2) is 0 Å². The number of hydrogen-bond acceptors (Lipinski definition) is 2. The minimum absolute atomic E-state index is 0.264. The van der Waals surface area contributed by atoms with E-state index in [1.54, 1.807) is 0 Å². The van der Waals surface area contributed by atoms with Gasteiger partial charge >= 0.3 is 0 Å². The zero-order valence-corrected chi connectivity index (χ0v) is 7.15. The van der Waals surface area contributed by atoms with Crippen molar-refractivity contribution >= 4 is 0 Å². The summed E-state index contributed by atoms with van der Waals surface area (Å²) in [6, 6.07) is 0. The third kappa shape index (κ3) is 7.75. The molecule has 2 nitrogen and oxygen atoms in total. The van der Waals surface area contributed by atoms with Crippen molar-refractivity contribution in [2.75, 3.05) is 19.8 Å². The maximum absolute atomic E-state index is 11.6. The molecule has 0 aromatic rings. The van der Waals surface area contributed by atoms with E-state index >= 15 is 0 Å². The predicted octanol–water partition coefficient (Wildman–Crippen LogP) is 1.10. The Hall–Kier alpha value is -0.150. The number of aliphatic hydroxyl groups excluding tert-OH is 1. The van der Waals surface area contributed by atoms with E-state index in [2.05, 4.69) is 5.32 Å². The highest BCUT2D eigenvalue weighted by Crippen LogP contribution is 1.93. The number of alkyl halides is 1. The Bertz CT molecular complexity index is 80.5. The van der Waals surface area contributed by atoms with Crippen LogP contribution in [0, 0.1) is 0 Å². The summed E-state index contributed by atoms with van der Waals surface area (Å²) in [5.74, 6) is 0. The molecule has 3 heteroatoms. The number of hydrogen-bond donors (Lipinski definition) is 2. The average Bonchev–Trinajstić information content (AvgIpc) is 1.99. The van der Waals surface area contributed by atoms with Gasteiger partial charge in [0.05, 0.1) is 12.8 Å². The molecule has 0 rings (SSSR count). The van der Waals surface area contributed by atoms with Crippen molar-refractivity contribution in [1.82, 2.24) is 5.32 Å². The lowest BCUT2D eigenvalue weighted by Gasteiger charge is -2.09. The Morgan fingerprint density at radius 1 is 1.55 bits per heavy atom. The van der Waals surface area contributed by atoms with E-state index in [-0.39, 0.29) is 12.8 Å². The van der Waals surface area contributed by atoms with E-state index in [1.807, 2.05) is 6.92 Å². The summed E-state index contributed by atoms with van der Waals surface area (Å²) >= 11 is 0. The Morgan fingerprint density at radius 2 is 2.27 bits per heavy atom. The van der Waals surface area contributed by atoms with Gasteiger partial charge in [0, 0.05) is 6.54 Å². The molecule has 68 valence electrons. The summed E-state index contributed by atoms with van der Waals surface area (Å²) in [5, 5.41) is 12.2. The van der Waals surface area contributed by atoms with Gasteiger partial charge in [-0.25, -0.2) is 0 Å². The maximum atomic E-state index is 11.6. The van der Waals surface area contributed by atoms with Crippen molar-refractivity contribution in [3.05, 3.63) is 0 Å². The lowest BCUT2D eigenvalue weighted by molar-refractivity contribution is 0.160. The topological polar surface area (TPSA) is 32.3 Å². The number of nitrogens with one attached hydrogen (secondary N) is 1. The van der Waals surface area contributed by atoms with Crippen molar-refractivity contribution < 1.29 is 9.50 Å². The van der Waals surface area contributed by atoms with E-state index in [1.165, 1.54) is 0 Å². The molecule has 0 radical (unpaired) electrons. The molecule has 1 unspecified atom stereocenters. The maximum Gasteiger partial charge on any atom is 0.0906 e. The fraction of sp³-hybridized carbons (Fsp3) is 1.00. The van der Waals surface area contributed by atoms with Gasteiger partial charge in [0.2, 0.25) is 0 Å². The van der Waals surface area contributed by atoms with Gasteiger partial charge in [0.25, 0.3) is 0 Å². The standard InChI is InChI=1S/C8H18FNO/c1-2-4-8(11)7-10-6-3-5-9/h8,10-11H,2-7H2,1H3. The van der Waals surface area contributed by atoms with E-state index in [0.717, 1.165) is 12.8 Å². The first-order valence-corrected chi connectivity index (χ1v) is 4.26. The van der Waals surface area contributed by atoms with Crippen molar-refractivity contribution in [3.8, 4) is 0 Å². The average molecular weight is 163 g/mol. The molecule has 0 aliphatic rings. The lowest BCUT2D eigenvalue weighted by atomic mass is 10.2. The molecule has 1 atom stereocenters. The highest BCUT2D eigenvalue weighted by molar-refractivity contribution is 4.57. The Kier molecular flexibility index (Phi) is 7.84. The van der Waals surface area contributed by atoms with Crippen LogP contribution >= 0.6 is 0 Å². The Balaban J connectivity index is 2.97. The molecule has 0 fully saturated rings. The van der Waals surface area contributed by atoms with Crippen molar-refractivity contribution in [2.24, 2.45) is 0 Å². The van der Waals surface area contributed by atoms with Gasteiger partial charge in [-0.3, -0.25) is 4.39 Å². The minimum Gasteiger partial charge on any atom is -0.392 e. The summed E-state index contributed by atoms with van der Waals surface area (Å²) in [7, 11) is 0. The van der Waals surface area contributed by atoms with Gasteiger partial charge in [0.1, 0.15) is 0 Å². The largest absolute Gasteiger partial charge is 0.392 e. The molecule has 0 aliphatic carbocycles. The summed E-state index contributed by atoms with van der Waals surface area (Å²) in [6.07, 6.45) is 2.09. The molecule has 0 aromatic heterocycles. The molecule has 0 heterocycles. The molecule has 11 heavy (non-hydrogen) atoms. The second kappa shape index (κ2) is 7.95. The van der Waals surface area contributed by atoms with Crippen LogP contribution in [-0.4, -0.2) is 31.0 Å². The summed E-state index contributed by atoms with van der Waals surface area (Å²) < 4.78 is 11.6. The monoisotopic (exact) mass is 163 g/mol. The second-order valence-electron chi connectivity index (χ2n) is 2.69. The number of halogens is 1. The van der Waals surface area contributed by atoms with Crippen LogP contribution in [0.1, 0.15) is 26.2 Å². The Labute approximate surface area is 67.8 Å². The molecule has 0 saturated carbocycles. The van der Waals surface area contributed by atoms with E-state index in [9.17, 15) is 9.50 Å². The summed E-state index contributed by atoms with van der Waals surface area (Å²) in [5.41, 5.74) is 0. The minimum atomic E-state index is -0.281. The molecule has 0 amide bonds. The third-order valence-electron chi connectivity index (χ3n) is 1.49. The molecule has 0 bridgehead atoms. The first-order valence-electron chi connectivity index (χ1n) is 4.26. The summed E-state index contributed by atoms with van der Waals surface area (Å²) in [4.78, 5) is 0. The van der Waals surface area contributed by atoms with Crippen LogP contribution in [0.3, 0.4) is 0 Å². The quantitative estimate of drug-likeness (QED) is 0.551. The van der Waals surface area contributed by atoms with Gasteiger partial charge in [-0.1, -0.05) is 13.3 Å². The van der Waals surface area contributed by atoms with E-state index in [0.29, 0.717) is 19.5 Å². The Morgan fingerprint density at radius 3 is 2.82 bits per heavy atom.